The van der Waals surface area contributed by atoms with E-state index in [4.69, 9.17) is 11.1 Å². The van der Waals surface area contributed by atoms with Crippen molar-refractivity contribution in [2.75, 3.05) is 23.9 Å². The summed E-state index contributed by atoms with van der Waals surface area (Å²) in [6.07, 6.45) is 0.442. The highest BCUT2D eigenvalue weighted by Crippen LogP contribution is 2.39. The van der Waals surface area contributed by atoms with Gasteiger partial charge >= 0.3 is 10.2 Å². The predicted octanol–water partition coefficient (Wildman–Crippen LogP) is 0.343. The molecule has 11 heteroatoms. The molecule has 0 aliphatic carbocycles. The Bertz CT molecular complexity index is 1000. The van der Waals surface area contributed by atoms with E-state index in [0.717, 1.165) is 0 Å². The van der Waals surface area contributed by atoms with Gasteiger partial charge in [-0.3, -0.25) is 9.69 Å². The van der Waals surface area contributed by atoms with Gasteiger partial charge in [0.25, 0.3) is 5.91 Å². The van der Waals surface area contributed by atoms with Gasteiger partial charge in [-0.05, 0) is 31.9 Å². The summed E-state index contributed by atoms with van der Waals surface area (Å²) >= 11 is 0. The van der Waals surface area contributed by atoms with Crippen molar-refractivity contribution in [1.29, 1.82) is 5.41 Å². The van der Waals surface area contributed by atoms with E-state index < -0.39 is 39.9 Å². The van der Waals surface area contributed by atoms with Crippen LogP contribution in [0.25, 0.3) is 0 Å². The molecular formula is C17H22FN5O4S. The Morgan fingerprint density at radius 1 is 1.39 bits per heavy atom. The maximum Gasteiger partial charge on any atom is 0.326 e. The number of nitrogens with one attached hydrogen (secondary N) is 2. The van der Waals surface area contributed by atoms with Gasteiger partial charge in [-0.1, -0.05) is 0 Å². The van der Waals surface area contributed by atoms with Crippen molar-refractivity contribution in [2.24, 2.45) is 5.73 Å². The predicted molar refractivity (Wildman–Crippen MR) is 102 cm³/mol. The van der Waals surface area contributed by atoms with Crippen LogP contribution in [-0.4, -0.2) is 49.7 Å². The smallest absolute Gasteiger partial charge is 0.326 e. The van der Waals surface area contributed by atoms with Gasteiger partial charge in [-0.2, -0.15) is 8.42 Å². The number of nitrogens with two attached hydrogens (primary N) is 1. The summed E-state index contributed by atoms with van der Waals surface area (Å²) in [4.78, 5) is 13.4. The fourth-order valence-corrected chi connectivity index (χ4v) is 4.64. The number of anilines is 1. The molecule has 5 N–H and O–H groups in total. The molecule has 0 unspecified atom stereocenters. The Kier molecular flexibility index (Phi) is 5.06. The van der Waals surface area contributed by atoms with Crippen molar-refractivity contribution in [2.45, 2.75) is 26.8 Å². The van der Waals surface area contributed by atoms with Crippen molar-refractivity contribution in [3.05, 3.63) is 34.3 Å². The Morgan fingerprint density at radius 2 is 2.07 bits per heavy atom. The molecule has 1 aromatic rings. The first-order valence-corrected chi connectivity index (χ1v) is 10.0. The SMILES string of the molecule is CC(=N)/C(CN1CCc2cc(O)c(N3CC(=O)NS3(=O)=O)c(F)c2C1)=C(/C)N. The Morgan fingerprint density at radius 3 is 2.61 bits per heavy atom. The second-order valence-corrected chi connectivity index (χ2v) is 8.58. The monoisotopic (exact) mass is 411 g/mol. The lowest BCUT2D eigenvalue weighted by Gasteiger charge is -2.31. The maximum absolute atomic E-state index is 15.3. The van der Waals surface area contributed by atoms with Gasteiger partial charge in [0, 0.05) is 42.2 Å². The van der Waals surface area contributed by atoms with Crippen molar-refractivity contribution in [3.63, 3.8) is 0 Å². The zero-order valence-electron chi connectivity index (χ0n) is 15.5. The number of benzene rings is 1. The number of hydrogen-bond donors (Lipinski definition) is 4. The van der Waals surface area contributed by atoms with Crippen molar-refractivity contribution in [1.82, 2.24) is 9.62 Å². The summed E-state index contributed by atoms with van der Waals surface area (Å²) in [5, 5.41) is 18.1. The van der Waals surface area contributed by atoms with Gasteiger partial charge in [0.1, 0.15) is 18.0 Å². The molecular weight excluding hydrogens is 389 g/mol. The number of phenols is 1. The van der Waals surface area contributed by atoms with E-state index >= 15 is 4.39 Å². The largest absolute Gasteiger partial charge is 0.506 e. The average molecular weight is 411 g/mol. The second-order valence-electron chi connectivity index (χ2n) is 6.98. The van der Waals surface area contributed by atoms with E-state index in [2.05, 4.69) is 0 Å². The van der Waals surface area contributed by atoms with Crippen molar-refractivity contribution >= 4 is 27.5 Å². The van der Waals surface area contributed by atoms with Crippen molar-refractivity contribution in [3.8, 4) is 5.75 Å². The zero-order valence-corrected chi connectivity index (χ0v) is 16.4. The van der Waals surface area contributed by atoms with Crippen molar-refractivity contribution < 1.29 is 22.7 Å². The van der Waals surface area contributed by atoms with Gasteiger partial charge in [0.15, 0.2) is 5.82 Å². The number of rotatable bonds is 4. The van der Waals surface area contributed by atoms with Crippen LogP contribution in [-0.2, 0) is 28.0 Å². The normalized spacial score (nSPS) is 19.8. The molecule has 0 atom stereocenters. The lowest BCUT2D eigenvalue weighted by Crippen LogP contribution is -2.35. The van der Waals surface area contributed by atoms with Crippen LogP contribution in [0.3, 0.4) is 0 Å². The zero-order chi connectivity index (χ0) is 20.8. The van der Waals surface area contributed by atoms with Gasteiger partial charge in [0.05, 0.1) is 0 Å². The highest BCUT2D eigenvalue weighted by molar-refractivity contribution is 7.92. The Balaban J connectivity index is 1.98. The van der Waals surface area contributed by atoms with Gasteiger partial charge in [-0.15, -0.1) is 0 Å². The molecule has 1 saturated heterocycles. The van der Waals surface area contributed by atoms with Gasteiger partial charge in [-0.25, -0.2) is 13.4 Å². The number of fused-ring (bicyclic) bond motifs is 1. The molecule has 0 aromatic heterocycles. The minimum absolute atomic E-state index is 0.160. The molecule has 0 saturated carbocycles. The molecule has 2 aliphatic rings. The first kappa shape index (κ1) is 20.1. The lowest BCUT2D eigenvalue weighted by atomic mass is 9.96. The van der Waals surface area contributed by atoms with Crippen LogP contribution >= 0.6 is 0 Å². The third-order valence-electron chi connectivity index (χ3n) is 4.87. The van der Waals surface area contributed by atoms with E-state index in [-0.39, 0.29) is 12.1 Å². The summed E-state index contributed by atoms with van der Waals surface area (Å²) in [7, 11) is -4.25. The topological polar surface area (TPSA) is 140 Å². The van der Waals surface area contributed by atoms with Gasteiger partial charge < -0.3 is 16.2 Å². The molecule has 2 heterocycles. The second kappa shape index (κ2) is 7.06. The summed E-state index contributed by atoms with van der Waals surface area (Å²) in [6, 6.07) is 1.34. The number of aromatic hydroxyl groups is 1. The fraction of sp³-hybridized carbons (Fsp3) is 0.412. The number of amides is 1. The number of allylic oxidation sites excluding steroid dienone is 1. The van der Waals surface area contributed by atoms with Crippen LogP contribution < -0.4 is 14.8 Å². The minimum Gasteiger partial charge on any atom is -0.506 e. The van der Waals surface area contributed by atoms with Crippen LogP contribution in [0.15, 0.2) is 17.3 Å². The molecule has 9 nitrogen and oxygen atoms in total. The molecule has 3 rings (SSSR count). The molecule has 1 aromatic carbocycles. The number of nitrogens with zero attached hydrogens (tertiary/aromatic N) is 2. The van der Waals surface area contributed by atoms with E-state index in [1.165, 1.54) is 6.07 Å². The quantitative estimate of drug-likeness (QED) is 0.527. The molecule has 0 bridgehead atoms. The summed E-state index contributed by atoms with van der Waals surface area (Å²) in [5.74, 6) is -2.20. The Labute approximate surface area is 162 Å². The number of halogens is 1. The summed E-state index contributed by atoms with van der Waals surface area (Å²) in [5.41, 5.74) is 7.63. The molecule has 0 radical (unpaired) electrons. The number of phenolic OH excluding ortho intramolecular Hbond substituents is 1. The minimum atomic E-state index is -4.25. The van der Waals surface area contributed by atoms with Gasteiger partial charge in [0.2, 0.25) is 0 Å². The molecule has 2 aliphatic heterocycles. The van der Waals surface area contributed by atoms with Crippen LogP contribution in [0.4, 0.5) is 10.1 Å². The highest BCUT2D eigenvalue weighted by Gasteiger charge is 2.39. The molecule has 1 fully saturated rings. The molecule has 0 spiro atoms. The maximum atomic E-state index is 15.3. The first-order chi connectivity index (χ1) is 13.0. The fourth-order valence-electron chi connectivity index (χ4n) is 3.47. The number of hydrogen-bond acceptors (Lipinski definition) is 7. The molecule has 152 valence electrons. The van der Waals surface area contributed by atoms with E-state index in [1.54, 1.807) is 18.6 Å². The third-order valence-corrected chi connectivity index (χ3v) is 6.25. The molecule has 1 amide bonds. The number of carbonyl (C=O) groups is 1. The summed E-state index contributed by atoms with van der Waals surface area (Å²) in [6.45, 7) is 3.81. The Hall–Kier alpha value is -2.66. The van der Waals surface area contributed by atoms with E-state index in [1.807, 2.05) is 4.90 Å². The van der Waals surface area contributed by atoms with Crippen LogP contribution in [0.1, 0.15) is 25.0 Å². The van der Waals surface area contributed by atoms with E-state index in [9.17, 15) is 18.3 Å². The van der Waals surface area contributed by atoms with Crippen LogP contribution in [0, 0.1) is 11.2 Å². The lowest BCUT2D eigenvalue weighted by molar-refractivity contribution is -0.117. The molecule has 28 heavy (non-hydrogen) atoms. The van der Waals surface area contributed by atoms with Crippen LogP contribution in [0.2, 0.25) is 0 Å². The summed E-state index contributed by atoms with van der Waals surface area (Å²) < 4.78 is 41.7. The first-order valence-electron chi connectivity index (χ1n) is 8.61. The standard InChI is InChI=1S/C17H22FN5O4S/c1-9(19)12(10(2)20)6-22-4-3-11-5-14(24)17(16(18)13(11)7-22)23-8-15(25)21-28(23,26)27/h5,19,24H,3-4,6-8,20H2,1-2H3,(H,21,25)/b12-10-,19-9?. The van der Waals surface area contributed by atoms with E-state index in [0.29, 0.717) is 46.4 Å². The van der Waals surface area contributed by atoms with Crippen LogP contribution in [0.5, 0.6) is 5.75 Å². The third kappa shape index (κ3) is 3.54. The highest BCUT2D eigenvalue weighted by atomic mass is 32.2. The average Bonchev–Trinajstić information content (AvgIpc) is 2.84. The number of carbonyl (C=O) groups excluding carboxylic acids is 1.